The molecule has 0 fully saturated rings. The van der Waals surface area contributed by atoms with Crippen LogP contribution in [0.3, 0.4) is 0 Å². The van der Waals surface area contributed by atoms with Gasteiger partial charge in [-0.1, -0.05) is 36.4 Å². The Labute approximate surface area is 136 Å². The van der Waals surface area contributed by atoms with E-state index in [0.717, 1.165) is 17.4 Å². The van der Waals surface area contributed by atoms with Crippen LogP contribution < -0.4 is 10.0 Å². The Bertz CT molecular complexity index is 802. The number of sulfonamides is 1. The minimum Gasteiger partial charge on any atom is -0.346 e. The zero-order chi connectivity index (χ0) is 17.0. The Balaban J connectivity index is 2.18. The van der Waals surface area contributed by atoms with Crippen molar-refractivity contribution in [3.63, 3.8) is 0 Å². The lowest BCUT2D eigenvalue weighted by molar-refractivity contribution is 0.0940. The first-order chi connectivity index (χ1) is 10.8. The second-order valence-electron chi connectivity index (χ2n) is 5.51. The van der Waals surface area contributed by atoms with Crippen molar-refractivity contribution in [1.29, 1.82) is 0 Å². The maximum atomic E-state index is 12.4. The molecule has 23 heavy (non-hydrogen) atoms. The number of nitrogens with one attached hydrogen (secondary N) is 2. The van der Waals surface area contributed by atoms with Gasteiger partial charge in [0.15, 0.2) is 0 Å². The maximum absolute atomic E-state index is 12.4. The lowest BCUT2D eigenvalue weighted by Gasteiger charge is -2.15. The molecule has 6 heteroatoms. The van der Waals surface area contributed by atoms with E-state index in [1.807, 2.05) is 37.3 Å². The van der Waals surface area contributed by atoms with Gasteiger partial charge in [0, 0.05) is 5.56 Å². The lowest BCUT2D eigenvalue weighted by atomic mass is 10.1. The Kier molecular flexibility index (Phi) is 5.05. The van der Waals surface area contributed by atoms with Crippen LogP contribution in [0.25, 0.3) is 0 Å². The predicted octanol–water partition coefficient (Wildman–Crippen LogP) is 2.86. The van der Waals surface area contributed by atoms with Crippen LogP contribution in [0, 0.1) is 6.92 Å². The summed E-state index contributed by atoms with van der Waals surface area (Å²) in [5.74, 6) is -0.252. The minimum atomic E-state index is -3.39. The SMILES string of the molecule is Cc1ccc(C(=O)NC(C)c2ccccc2)cc1NS(C)(=O)=O. The number of carbonyl (C=O) groups is 1. The summed E-state index contributed by atoms with van der Waals surface area (Å²) < 4.78 is 25.2. The molecule has 122 valence electrons. The summed E-state index contributed by atoms with van der Waals surface area (Å²) in [6.07, 6.45) is 1.08. The molecule has 0 saturated heterocycles. The number of rotatable bonds is 5. The third kappa shape index (κ3) is 4.82. The van der Waals surface area contributed by atoms with Gasteiger partial charge < -0.3 is 5.32 Å². The second-order valence-corrected chi connectivity index (χ2v) is 7.26. The summed E-state index contributed by atoms with van der Waals surface area (Å²) in [5, 5.41) is 2.91. The summed E-state index contributed by atoms with van der Waals surface area (Å²) in [6.45, 7) is 3.68. The largest absolute Gasteiger partial charge is 0.346 e. The van der Waals surface area contributed by atoms with Crippen LogP contribution in [0.4, 0.5) is 5.69 Å². The van der Waals surface area contributed by atoms with Crippen molar-refractivity contribution < 1.29 is 13.2 Å². The summed E-state index contributed by atoms with van der Waals surface area (Å²) in [5.41, 5.74) is 2.57. The number of hydrogen-bond acceptors (Lipinski definition) is 3. The minimum absolute atomic E-state index is 0.142. The fraction of sp³-hybridized carbons (Fsp3) is 0.235. The molecular weight excluding hydrogens is 312 g/mol. The summed E-state index contributed by atoms with van der Waals surface area (Å²) >= 11 is 0. The summed E-state index contributed by atoms with van der Waals surface area (Å²) in [6, 6.07) is 14.4. The van der Waals surface area contributed by atoms with Gasteiger partial charge in [0.25, 0.3) is 5.91 Å². The molecule has 1 atom stereocenters. The van der Waals surface area contributed by atoms with Crippen LogP contribution in [0.5, 0.6) is 0 Å². The highest BCUT2D eigenvalue weighted by Crippen LogP contribution is 2.19. The lowest BCUT2D eigenvalue weighted by Crippen LogP contribution is -2.26. The Morgan fingerprint density at radius 1 is 1.09 bits per heavy atom. The molecule has 5 nitrogen and oxygen atoms in total. The molecule has 0 saturated carbocycles. The highest BCUT2D eigenvalue weighted by Gasteiger charge is 2.13. The molecule has 1 amide bonds. The summed E-state index contributed by atoms with van der Waals surface area (Å²) in [4.78, 5) is 12.4. The molecule has 0 aromatic heterocycles. The van der Waals surface area contributed by atoms with Gasteiger partial charge >= 0.3 is 0 Å². The average Bonchev–Trinajstić information content (AvgIpc) is 2.49. The van der Waals surface area contributed by atoms with Gasteiger partial charge in [0.1, 0.15) is 0 Å². The molecule has 0 radical (unpaired) electrons. The topological polar surface area (TPSA) is 75.3 Å². The first kappa shape index (κ1) is 17.0. The standard InChI is InChI=1S/C17H20N2O3S/c1-12-9-10-15(11-16(12)19-23(3,21)22)17(20)18-13(2)14-7-5-4-6-8-14/h4-11,13,19H,1-3H3,(H,18,20). The molecule has 2 aromatic rings. The van der Waals surface area contributed by atoms with Crippen molar-refractivity contribution in [3.8, 4) is 0 Å². The molecule has 0 aliphatic heterocycles. The monoisotopic (exact) mass is 332 g/mol. The van der Waals surface area contributed by atoms with Gasteiger partial charge in [-0.25, -0.2) is 8.42 Å². The van der Waals surface area contributed by atoms with Gasteiger partial charge in [0.2, 0.25) is 10.0 Å². The van der Waals surface area contributed by atoms with E-state index < -0.39 is 10.0 Å². The quantitative estimate of drug-likeness (QED) is 0.884. The molecule has 2 rings (SSSR count). The number of carbonyl (C=O) groups excluding carboxylic acids is 1. The second kappa shape index (κ2) is 6.83. The van der Waals surface area contributed by atoms with Crippen molar-refractivity contribution in [3.05, 3.63) is 65.2 Å². The van der Waals surface area contributed by atoms with Crippen LogP contribution in [0.15, 0.2) is 48.5 Å². The van der Waals surface area contributed by atoms with Crippen LogP contribution in [0.1, 0.15) is 34.5 Å². The normalized spacial score (nSPS) is 12.5. The van der Waals surface area contributed by atoms with E-state index in [1.165, 1.54) is 0 Å². The molecule has 0 spiro atoms. The average molecular weight is 332 g/mol. The van der Waals surface area contributed by atoms with Crippen LogP contribution in [-0.4, -0.2) is 20.6 Å². The number of anilines is 1. The first-order valence-corrected chi connectivity index (χ1v) is 9.09. The molecule has 0 bridgehead atoms. The van der Waals surface area contributed by atoms with Crippen LogP contribution in [-0.2, 0) is 10.0 Å². The molecule has 0 heterocycles. The number of amides is 1. The van der Waals surface area contributed by atoms with Gasteiger partial charge in [-0.15, -0.1) is 0 Å². The highest BCUT2D eigenvalue weighted by molar-refractivity contribution is 7.92. The Morgan fingerprint density at radius 3 is 2.35 bits per heavy atom. The molecule has 0 aliphatic carbocycles. The van der Waals surface area contributed by atoms with Crippen LogP contribution in [0.2, 0.25) is 0 Å². The predicted molar refractivity (Wildman–Crippen MR) is 92.0 cm³/mol. The Morgan fingerprint density at radius 2 is 1.74 bits per heavy atom. The first-order valence-electron chi connectivity index (χ1n) is 7.20. The van der Waals surface area contributed by atoms with Gasteiger partial charge in [0.05, 0.1) is 18.0 Å². The van der Waals surface area contributed by atoms with Crippen molar-refractivity contribution in [2.45, 2.75) is 19.9 Å². The van der Waals surface area contributed by atoms with Crippen molar-refractivity contribution in [2.75, 3.05) is 11.0 Å². The van der Waals surface area contributed by atoms with Crippen molar-refractivity contribution >= 4 is 21.6 Å². The Hall–Kier alpha value is -2.34. The van der Waals surface area contributed by atoms with E-state index in [-0.39, 0.29) is 11.9 Å². The number of aryl methyl sites for hydroxylation is 1. The molecule has 0 aliphatic rings. The van der Waals surface area contributed by atoms with Gasteiger partial charge in [-0.3, -0.25) is 9.52 Å². The van der Waals surface area contributed by atoms with E-state index in [2.05, 4.69) is 10.0 Å². The zero-order valence-electron chi connectivity index (χ0n) is 13.3. The van der Waals surface area contributed by atoms with Crippen molar-refractivity contribution in [2.24, 2.45) is 0 Å². The van der Waals surface area contributed by atoms with E-state index >= 15 is 0 Å². The third-order valence-corrected chi connectivity index (χ3v) is 4.03. The van der Waals surface area contributed by atoms with Crippen LogP contribution >= 0.6 is 0 Å². The molecular formula is C17H20N2O3S. The molecule has 2 aromatic carbocycles. The van der Waals surface area contributed by atoms with E-state index in [9.17, 15) is 13.2 Å². The maximum Gasteiger partial charge on any atom is 0.251 e. The molecule has 1 unspecified atom stereocenters. The number of hydrogen-bond donors (Lipinski definition) is 2. The fourth-order valence-electron chi connectivity index (χ4n) is 2.18. The fourth-order valence-corrected chi connectivity index (χ4v) is 2.80. The number of benzene rings is 2. The van der Waals surface area contributed by atoms with Crippen molar-refractivity contribution in [1.82, 2.24) is 5.32 Å². The zero-order valence-corrected chi connectivity index (χ0v) is 14.1. The van der Waals surface area contributed by atoms with Gasteiger partial charge in [-0.05, 0) is 37.1 Å². The summed E-state index contributed by atoms with van der Waals surface area (Å²) in [7, 11) is -3.39. The van der Waals surface area contributed by atoms with E-state index in [0.29, 0.717) is 11.3 Å². The van der Waals surface area contributed by atoms with E-state index in [1.54, 1.807) is 25.1 Å². The molecule has 2 N–H and O–H groups in total. The van der Waals surface area contributed by atoms with E-state index in [4.69, 9.17) is 0 Å². The smallest absolute Gasteiger partial charge is 0.251 e. The third-order valence-electron chi connectivity index (χ3n) is 3.44. The van der Waals surface area contributed by atoms with Gasteiger partial charge in [-0.2, -0.15) is 0 Å². The highest BCUT2D eigenvalue weighted by atomic mass is 32.2.